The lowest BCUT2D eigenvalue weighted by molar-refractivity contribution is -0.140. The van der Waals surface area contributed by atoms with Crippen LogP contribution in [0.15, 0.2) is 84.9 Å². The van der Waals surface area contributed by atoms with E-state index in [1.165, 1.54) is 0 Å². The Morgan fingerprint density at radius 2 is 1.71 bits per heavy atom. The Morgan fingerprint density at radius 3 is 2.45 bits per heavy atom. The molecular formula is C45H54N6O6S. The molecule has 58 heavy (non-hydrogen) atoms. The number of rotatable bonds is 9. The minimum atomic E-state index is -3.96. The minimum absolute atomic E-state index is 0.0178. The number of anilines is 1. The van der Waals surface area contributed by atoms with Crippen molar-refractivity contribution in [2.75, 3.05) is 11.9 Å². The minimum Gasteiger partial charge on any atom is -0.459 e. The van der Waals surface area contributed by atoms with E-state index in [1.54, 1.807) is 11.8 Å². The fraction of sp³-hybridized carbons (Fsp3) is 0.467. The maximum atomic E-state index is 14.8. The fourth-order valence-corrected chi connectivity index (χ4v) is 9.91. The summed E-state index contributed by atoms with van der Waals surface area (Å²) in [4.78, 5) is 50.1. The van der Waals surface area contributed by atoms with Crippen LogP contribution in [-0.4, -0.2) is 75.6 Å². The average molecular weight is 807 g/mol. The highest BCUT2D eigenvalue weighted by molar-refractivity contribution is 7.91. The molecule has 4 aliphatic rings. The Bertz CT molecular complexity index is 2350. The van der Waals surface area contributed by atoms with E-state index in [1.807, 2.05) is 66.7 Å². The molecule has 3 N–H and O–H groups in total. The van der Waals surface area contributed by atoms with Gasteiger partial charge in [-0.05, 0) is 95.5 Å². The first kappa shape index (κ1) is 39.6. The van der Waals surface area contributed by atoms with E-state index in [-0.39, 0.29) is 37.3 Å². The first-order valence-corrected chi connectivity index (χ1v) is 22.2. The monoisotopic (exact) mass is 806 g/mol. The number of ether oxygens (including phenoxy) is 1. The predicted molar refractivity (Wildman–Crippen MR) is 225 cm³/mol. The third kappa shape index (κ3) is 7.60. The van der Waals surface area contributed by atoms with Crippen molar-refractivity contribution < 1.29 is 27.5 Å². The van der Waals surface area contributed by atoms with E-state index in [0.29, 0.717) is 25.3 Å². The molecule has 4 aromatic rings. The van der Waals surface area contributed by atoms with Gasteiger partial charge in [0.1, 0.15) is 29.2 Å². The highest BCUT2D eigenvalue weighted by Gasteiger charge is 2.63. The molecule has 3 heterocycles. The van der Waals surface area contributed by atoms with Crippen molar-refractivity contribution in [3.8, 4) is 17.1 Å². The molecule has 2 aliphatic heterocycles. The Labute approximate surface area is 340 Å². The Morgan fingerprint density at radius 1 is 0.966 bits per heavy atom. The third-order valence-corrected chi connectivity index (χ3v) is 14.7. The number of hydrogen-bond acceptors (Lipinski definition) is 8. The summed E-state index contributed by atoms with van der Waals surface area (Å²) in [5.74, 6) is -1.89. The zero-order valence-corrected chi connectivity index (χ0v) is 34.6. The van der Waals surface area contributed by atoms with Crippen LogP contribution < -0.4 is 20.1 Å². The van der Waals surface area contributed by atoms with Gasteiger partial charge < -0.3 is 20.3 Å². The van der Waals surface area contributed by atoms with Crippen molar-refractivity contribution in [3.05, 3.63) is 90.5 Å². The third-order valence-electron chi connectivity index (χ3n) is 12.5. The van der Waals surface area contributed by atoms with Crippen molar-refractivity contribution in [3.63, 3.8) is 0 Å². The van der Waals surface area contributed by atoms with Crippen LogP contribution in [0.2, 0.25) is 0 Å². The lowest BCUT2D eigenvalue weighted by Crippen LogP contribution is -2.58. The van der Waals surface area contributed by atoms with Gasteiger partial charge in [-0.25, -0.2) is 8.42 Å². The molecule has 8 rings (SSSR count). The van der Waals surface area contributed by atoms with Crippen LogP contribution in [0.25, 0.3) is 22.2 Å². The molecule has 306 valence electrons. The summed E-state index contributed by atoms with van der Waals surface area (Å²) in [6.07, 6.45) is 8.57. The zero-order chi connectivity index (χ0) is 40.8. The van der Waals surface area contributed by atoms with Gasteiger partial charge in [-0.1, -0.05) is 79.6 Å². The molecule has 1 saturated heterocycles. The van der Waals surface area contributed by atoms with Crippen molar-refractivity contribution in [2.45, 2.75) is 120 Å². The van der Waals surface area contributed by atoms with Crippen LogP contribution in [0, 0.1) is 12.8 Å². The molecule has 2 saturated carbocycles. The molecule has 0 unspecified atom stereocenters. The Balaban J connectivity index is 1.14. The van der Waals surface area contributed by atoms with Gasteiger partial charge in [0.05, 0.1) is 16.8 Å². The number of fused-ring (bicyclic) bond motifs is 3. The summed E-state index contributed by atoms with van der Waals surface area (Å²) < 4.78 is 36.6. The smallest absolute Gasteiger partial charge is 0.297 e. The van der Waals surface area contributed by atoms with Gasteiger partial charge in [0.2, 0.25) is 21.8 Å². The van der Waals surface area contributed by atoms with Crippen molar-refractivity contribution >= 4 is 44.5 Å². The molecule has 3 amide bonds. The topological polar surface area (TPSA) is 152 Å². The number of carbonyl (C=O) groups excluding carboxylic acids is 3. The average Bonchev–Trinajstić information content (AvgIpc) is 4.02. The van der Waals surface area contributed by atoms with Crippen molar-refractivity contribution in [2.24, 2.45) is 5.92 Å². The summed E-state index contributed by atoms with van der Waals surface area (Å²) in [5, 5.41) is 6.44. The number of benzene rings is 3. The number of nitrogens with one attached hydrogen (secondary N) is 3. The number of nitrogens with zero attached hydrogens (tertiary/aromatic N) is 3. The number of hydrogen-bond donors (Lipinski definition) is 3. The quantitative estimate of drug-likeness (QED) is 0.156. The van der Waals surface area contributed by atoms with E-state index in [9.17, 15) is 22.8 Å². The molecule has 3 fully saturated rings. The van der Waals surface area contributed by atoms with Gasteiger partial charge in [0.25, 0.3) is 11.9 Å². The molecule has 0 spiro atoms. The summed E-state index contributed by atoms with van der Waals surface area (Å²) in [6.45, 7) is 7.95. The van der Waals surface area contributed by atoms with Crippen LogP contribution in [0.5, 0.6) is 6.01 Å². The highest BCUT2D eigenvalue weighted by Crippen LogP contribution is 2.47. The second-order valence-electron chi connectivity index (χ2n) is 17.1. The van der Waals surface area contributed by atoms with Gasteiger partial charge in [-0.3, -0.25) is 23.7 Å². The first-order chi connectivity index (χ1) is 27.8. The van der Waals surface area contributed by atoms with Gasteiger partial charge in [-0.15, -0.1) is 0 Å². The Kier molecular flexibility index (Phi) is 10.6. The van der Waals surface area contributed by atoms with E-state index < -0.39 is 50.3 Å². The number of para-hydroxylation sites is 2. The van der Waals surface area contributed by atoms with E-state index in [0.717, 1.165) is 59.1 Å². The molecule has 3 aromatic carbocycles. The van der Waals surface area contributed by atoms with E-state index in [2.05, 4.69) is 58.9 Å². The van der Waals surface area contributed by atoms with Gasteiger partial charge >= 0.3 is 0 Å². The normalized spacial score (nSPS) is 26.5. The summed E-state index contributed by atoms with van der Waals surface area (Å²) >= 11 is 0. The molecule has 0 radical (unpaired) electrons. The Hall–Kier alpha value is -5.17. The zero-order valence-electron chi connectivity index (χ0n) is 33.7. The van der Waals surface area contributed by atoms with Crippen molar-refractivity contribution in [1.82, 2.24) is 24.5 Å². The lowest BCUT2D eigenvalue weighted by Gasteiger charge is -2.30. The number of aryl methyl sites for hydroxylation is 1. The lowest BCUT2D eigenvalue weighted by atomic mass is 9.99. The van der Waals surface area contributed by atoms with Gasteiger partial charge in [0.15, 0.2) is 0 Å². The van der Waals surface area contributed by atoms with Crippen LogP contribution in [-0.2, 0) is 24.4 Å². The molecule has 5 atom stereocenters. The molecule has 1 aromatic heterocycles. The van der Waals surface area contributed by atoms with Crippen LogP contribution in [0.3, 0.4) is 0 Å². The summed E-state index contributed by atoms with van der Waals surface area (Å²) in [5.41, 5.74) is 4.23. The number of amides is 3. The first-order valence-electron chi connectivity index (χ1n) is 20.7. The molecule has 12 nitrogen and oxygen atoms in total. The largest absolute Gasteiger partial charge is 0.459 e. The van der Waals surface area contributed by atoms with Gasteiger partial charge in [-0.2, -0.15) is 4.98 Å². The fourth-order valence-electron chi connectivity index (χ4n) is 8.60. The second-order valence-corrected chi connectivity index (χ2v) is 19.3. The van der Waals surface area contributed by atoms with Crippen LogP contribution in [0.1, 0.15) is 90.2 Å². The molecular weight excluding hydrogens is 753 g/mol. The predicted octanol–water partition coefficient (Wildman–Crippen LogP) is 6.82. The van der Waals surface area contributed by atoms with Crippen LogP contribution >= 0.6 is 0 Å². The molecule has 13 heteroatoms. The SMILES string of the molecule is Cc1ccccc1-c1cccc2c1nc(O[C@@H]1C[C@H]3C(=O)N[C@]4(C(=O)NS(=O)(=O)C5(C)CC5)C[C@H]4/C=C\CCCCC[C@H](Nc4ccccc4)C(=O)N3C1)n2C(C)C. The van der Waals surface area contributed by atoms with Gasteiger partial charge in [0, 0.05) is 29.6 Å². The standard InChI is InChI=1S/C45H54N6O6S/c1-29(2)51-37-23-15-21-35(34-20-14-13-16-30(34)3)39(37)47-43(51)57-33-26-38-40(52)48-45(42(54)49-58(55,56)44(4)24-25-44)27-31(45)17-9-6-5-7-12-22-36(41(53)50(38)28-33)46-32-18-10-8-11-19-32/h8-11,13-21,23,29,31,33,36,38,46H,5-7,12,22,24-28H2,1-4H3,(H,48,52)(H,49,54)/b17-9-/t31-,33-,36+,38+,45-/m1/s1. The van der Waals surface area contributed by atoms with E-state index >= 15 is 0 Å². The van der Waals surface area contributed by atoms with Crippen molar-refractivity contribution in [1.29, 1.82) is 0 Å². The number of imidazole rings is 1. The van der Waals surface area contributed by atoms with E-state index in [4.69, 9.17) is 9.72 Å². The highest BCUT2D eigenvalue weighted by atomic mass is 32.2. The molecule has 0 bridgehead atoms. The summed E-state index contributed by atoms with van der Waals surface area (Å²) in [6, 6.07) is 22.6. The number of allylic oxidation sites excluding steroid dienone is 1. The maximum absolute atomic E-state index is 14.8. The number of sulfonamides is 1. The second kappa shape index (κ2) is 15.5. The molecule has 2 aliphatic carbocycles. The number of carbonyl (C=O) groups is 3. The van der Waals surface area contributed by atoms with Crippen LogP contribution in [0.4, 0.5) is 5.69 Å². The summed E-state index contributed by atoms with van der Waals surface area (Å²) in [7, 11) is -3.96. The maximum Gasteiger partial charge on any atom is 0.297 e. The number of aromatic nitrogens is 2.